The maximum atomic E-state index is 13.2. The largest absolute Gasteiger partial charge is 0.396 e. The predicted molar refractivity (Wildman–Crippen MR) is 198 cm³/mol. The first-order valence-corrected chi connectivity index (χ1v) is 20.0. The lowest BCUT2D eigenvalue weighted by atomic mass is 10.0. The summed E-state index contributed by atoms with van der Waals surface area (Å²) in [7, 11) is 0. The molecule has 0 radical (unpaired) electrons. The van der Waals surface area contributed by atoms with Crippen molar-refractivity contribution in [2.24, 2.45) is 0 Å². The topological polar surface area (TPSA) is 77.8 Å². The van der Waals surface area contributed by atoms with E-state index in [0.717, 1.165) is 51.4 Å². The lowest BCUT2D eigenvalue weighted by Crippen LogP contribution is -2.45. The van der Waals surface area contributed by atoms with Crippen LogP contribution in [0.5, 0.6) is 0 Å². The Balaban J connectivity index is 4.19. The van der Waals surface area contributed by atoms with Crippen molar-refractivity contribution >= 4 is 11.8 Å². The molecule has 0 unspecified atom stereocenters. The van der Waals surface area contributed by atoms with Crippen molar-refractivity contribution < 1.29 is 19.8 Å². The fourth-order valence-corrected chi connectivity index (χ4v) is 6.18. The highest BCUT2D eigenvalue weighted by molar-refractivity contribution is 5.95. The Morgan fingerprint density at radius 2 is 0.739 bits per heavy atom. The van der Waals surface area contributed by atoms with E-state index in [1.807, 2.05) is 0 Å². The quantitative estimate of drug-likeness (QED) is 0.0530. The summed E-state index contributed by atoms with van der Waals surface area (Å²) in [5.74, 6) is -0.274. The monoisotopic (exact) mass is 648 g/mol. The minimum Gasteiger partial charge on any atom is -0.396 e. The molecule has 0 aliphatic carbocycles. The van der Waals surface area contributed by atoms with E-state index in [4.69, 9.17) is 0 Å². The number of unbranched alkanes of at least 4 members (excludes halogenated alkanes) is 22. The molecule has 46 heavy (non-hydrogen) atoms. The molecule has 0 aliphatic rings. The lowest BCUT2D eigenvalue weighted by molar-refractivity contribution is -0.148. The van der Waals surface area contributed by atoms with E-state index in [2.05, 4.69) is 38.2 Å². The van der Waals surface area contributed by atoms with Crippen molar-refractivity contribution in [3.8, 4) is 0 Å². The van der Waals surface area contributed by atoms with Gasteiger partial charge in [-0.25, -0.2) is 0 Å². The second kappa shape index (κ2) is 36.4. The number of allylic oxidation sites excluding steroid dienone is 4. The molecule has 5 nitrogen and oxygen atoms in total. The number of nitrogens with zero attached hydrogens (tertiary/aromatic N) is 1. The van der Waals surface area contributed by atoms with Gasteiger partial charge in [-0.1, -0.05) is 141 Å². The van der Waals surface area contributed by atoms with Gasteiger partial charge in [0.15, 0.2) is 0 Å². The number of hydrogen-bond acceptors (Lipinski definition) is 4. The zero-order valence-electron chi connectivity index (χ0n) is 30.7. The number of carbonyl (C=O) groups excluding carboxylic acids is 2. The molecule has 270 valence electrons. The van der Waals surface area contributed by atoms with Gasteiger partial charge >= 0.3 is 0 Å². The maximum Gasteiger partial charge on any atom is 0.229 e. The van der Waals surface area contributed by atoms with Gasteiger partial charge in [-0.05, 0) is 77.0 Å². The fraction of sp³-hybridized carbons (Fsp3) is 0.854. The predicted octanol–water partition coefficient (Wildman–Crippen LogP) is 11.5. The van der Waals surface area contributed by atoms with Crippen LogP contribution in [-0.2, 0) is 9.59 Å². The minimum absolute atomic E-state index is 0.0947. The third-order valence-electron chi connectivity index (χ3n) is 9.13. The van der Waals surface area contributed by atoms with Gasteiger partial charge in [-0.15, -0.1) is 0 Å². The van der Waals surface area contributed by atoms with Gasteiger partial charge in [0.1, 0.15) is 0 Å². The number of aliphatic hydroxyl groups excluding tert-OH is 2. The van der Waals surface area contributed by atoms with E-state index in [-0.39, 0.29) is 25.0 Å². The highest BCUT2D eigenvalue weighted by Crippen LogP contribution is 2.18. The van der Waals surface area contributed by atoms with Crippen molar-refractivity contribution in [2.75, 3.05) is 13.2 Å². The zero-order chi connectivity index (χ0) is 33.8. The average molecular weight is 648 g/mol. The summed E-state index contributed by atoms with van der Waals surface area (Å²) >= 11 is 0. The molecule has 5 heteroatoms. The molecule has 0 rings (SSSR count). The van der Waals surface area contributed by atoms with Crippen molar-refractivity contribution in [1.82, 2.24) is 4.90 Å². The number of imide groups is 1. The summed E-state index contributed by atoms with van der Waals surface area (Å²) in [6.45, 7) is 4.33. The molecule has 0 saturated heterocycles. The Kier molecular flexibility index (Phi) is 35.2. The second-order valence-electron chi connectivity index (χ2n) is 13.5. The van der Waals surface area contributed by atoms with E-state index in [1.165, 1.54) is 120 Å². The molecule has 0 spiro atoms. The molecule has 0 aromatic heterocycles. The van der Waals surface area contributed by atoms with Gasteiger partial charge in [0.2, 0.25) is 11.8 Å². The lowest BCUT2D eigenvalue weighted by Gasteiger charge is -2.30. The first-order chi connectivity index (χ1) is 22.6. The molecular weight excluding hydrogens is 570 g/mol. The highest BCUT2D eigenvalue weighted by Gasteiger charge is 2.28. The van der Waals surface area contributed by atoms with Crippen LogP contribution in [-0.4, -0.2) is 46.2 Å². The van der Waals surface area contributed by atoms with Crippen molar-refractivity contribution in [1.29, 1.82) is 0 Å². The zero-order valence-corrected chi connectivity index (χ0v) is 30.7. The summed E-state index contributed by atoms with van der Waals surface area (Å²) in [5, 5.41) is 19.1. The third kappa shape index (κ3) is 28.7. The van der Waals surface area contributed by atoms with Gasteiger partial charge in [-0.2, -0.15) is 0 Å². The Hall–Kier alpha value is -1.46. The van der Waals surface area contributed by atoms with E-state index in [9.17, 15) is 19.8 Å². The summed E-state index contributed by atoms with van der Waals surface area (Å²) in [6.07, 6.45) is 42.1. The van der Waals surface area contributed by atoms with Gasteiger partial charge < -0.3 is 10.2 Å². The molecule has 0 heterocycles. The Morgan fingerprint density at radius 1 is 0.457 bits per heavy atom. The number of amides is 2. The number of rotatable bonds is 35. The van der Waals surface area contributed by atoms with Crippen LogP contribution < -0.4 is 0 Å². The van der Waals surface area contributed by atoms with Crippen LogP contribution in [0.3, 0.4) is 0 Å². The van der Waals surface area contributed by atoms with E-state index in [1.54, 1.807) is 0 Å². The molecule has 0 aromatic rings. The minimum atomic E-state index is -0.416. The molecule has 0 saturated carbocycles. The van der Waals surface area contributed by atoms with Crippen LogP contribution in [0.2, 0.25) is 0 Å². The SMILES string of the molecule is CCCCCCCCC=CCCCCCCCC(=O)N(C(=O)CCCCCCCC=CCCCCCCCC)C(CCO)CCO. The number of carbonyl (C=O) groups is 2. The second-order valence-corrected chi connectivity index (χ2v) is 13.5. The molecular formula is C41H77NO4. The standard InChI is InChI=1S/C41H77NO4/c1-3-5-7-9-11-13-15-17-19-21-23-25-27-29-31-33-40(45)42(39(35-37-43)36-38-44)41(46)34-32-30-28-26-24-22-20-18-16-14-12-10-8-6-4-2/h17-20,39,43-44H,3-16,21-38H2,1-2H3. The smallest absolute Gasteiger partial charge is 0.229 e. The summed E-state index contributed by atoms with van der Waals surface area (Å²) in [6, 6.07) is -0.416. The van der Waals surface area contributed by atoms with E-state index >= 15 is 0 Å². The van der Waals surface area contributed by atoms with E-state index in [0.29, 0.717) is 25.7 Å². The van der Waals surface area contributed by atoms with Crippen molar-refractivity contribution in [3.05, 3.63) is 24.3 Å². The number of aliphatic hydroxyl groups is 2. The molecule has 2 amide bonds. The van der Waals surface area contributed by atoms with Crippen LogP contribution in [0.25, 0.3) is 0 Å². The first kappa shape index (κ1) is 44.5. The summed E-state index contributed by atoms with van der Waals surface area (Å²) < 4.78 is 0. The fourth-order valence-electron chi connectivity index (χ4n) is 6.18. The molecule has 0 aromatic carbocycles. The third-order valence-corrected chi connectivity index (χ3v) is 9.13. The molecule has 0 bridgehead atoms. The summed E-state index contributed by atoms with van der Waals surface area (Å²) in [5.41, 5.74) is 0. The first-order valence-electron chi connectivity index (χ1n) is 20.0. The average Bonchev–Trinajstić information content (AvgIpc) is 3.05. The van der Waals surface area contributed by atoms with Gasteiger partial charge in [0.05, 0.1) is 0 Å². The van der Waals surface area contributed by atoms with Gasteiger partial charge in [0.25, 0.3) is 0 Å². The van der Waals surface area contributed by atoms with Gasteiger partial charge in [-0.3, -0.25) is 14.5 Å². The maximum absolute atomic E-state index is 13.2. The molecule has 2 N–H and O–H groups in total. The van der Waals surface area contributed by atoms with Crippen LogP contribution in [0.1, 0.15) is 206 Å². The Bertz CT molecular complexity index is 661. The molecule has 0 fully saturated rings. The van der Waals surface area contributed by atoms with Gasteiger partial charge in [0, 0.05) is 32.1 Å². The number of hydrogen-bond donors (Lipinski definition) is 2. The molecule has 0 atom stereocenters. The van der Waals surface area contributed by atoms with Crippen molar-refractivity contribution in [3.63, 3.8) is 0 Å². The Labute approximate surface area is 286 Å². The van der Waals surface area contributed by atoms with Crippen molar-refractivity contribution in [2.45, 2.75) is 213 Å². The highest BCUT2D eigenvalue weighted by atomic mass is 16.3. The van der Waals surface area contributed by atoms with Crippen LogP contribution in [0.4, 0.5) is 0 Å². The van der Waals surface area contributed by atoms with E-state index < -0.39 is 6.04 Å². The van der Waals surface area contributed by atoms with Crippen LogP contribution >= 0.6 is 0 Å². The Morgan fingerprint density at radius 3 is 1.04 bits per heavy atom. The van der Waals surface area contributed by atoms with Crippen LogP contribution in [0, 0.1) is 0 Å². The van der Waals surface area contributed by atoms with Crippen LogP contribution in [0.15, 0.2) is 24.3 Å². The normalized spacial score (nSPS) is 11.8. The summed E-state index contributed by atoms with van der Waals surface area (Å²) in [4.78, 5) is 27.8. The molecule has 0 aliphatic heterocycles.